The Morgan fingerprint density at radius 2 is 1.40 bits per heavy atom. The molecule has 3 nitrogen and oxygen atoms in total. The summed E-state index contributed by atoms with van der Waals surface area (Å²) in [6, 6.07) is 40.3. The number of pyridine rings is 2. The number of hydrogen-bond acceptors (Lipinski definition) is 3. The fraction of sp³-hybridized carbons (Fsp3) is 0.0889. The van der Waals surface area contributed by atoms with E-state index in [-0.39, 0.29) is 0 Å². The summed E-state index contributed by atoms with van der Waals surface area (Å²) < 4.78 is 0. The van der Waals surface area contributed by atoms with E-state index < -0.39 is 0 Å². The molecule has 0 saturated heterocycles. The van der Waals surface area contributed by atoms with Gasteiger partial charge in [0, 0.05) is 27.9 Å². The molecule has 2 heterocycles. The zero-order chi connectivity index (χ0) is 33.0. The molecule has 0 spiro atoms. The van der Waals surface area contributed by atoms with E-state index in [2.05, 4.69) is 133 Å². The van der Waals surface area contributed by atoms with Crippen molar-refractivity contribution in [2.45, 2.75) is 27.2 Å². The zero-order valence-corrected chi connectivity index (χ0v) is 27.4. The molecule has 230 valence electrons. The zero-order valence-electron chi connectivity index (χ0n) is 27.4. The molecule has 7 rings (SSSR count). The van der Waals surface area contributed by atoms with Gasteiger partial charge in [-0.3, -0.25) is 9.98 Å². The fourth-order valence-corrected chi connectivity index (χ4v) is 6.22. The molecule has 1 aliphatic carbocycles. The third-order valence-electron chi connectivity index (χ3n) is 8.52. The standard InChI is InChI=1S/C45H35N3/c1-5-32-24-25-40-41(26-31(4)47-45(40)44(32)46-30(2)3)35-22-20-34(21-23-35)37-18-12-13-19-38(27-37)43-29-39(33-14-8-6-9-15-33)28-42(48-43)36-16-10-7-11-17-36/h1,6-17,19-29H,18H2,2-4H3. The topological polar surface area (TPSA) is 38.1 Å². The van der Waals surface area contributed by atoms with Gasteiger partial charge in [0.15, 0.2) is 0 Å². The van der Waals surface area contributed by atoms with Crippen molar-refractivity contribution in [3.63, 3.8) is 0 Å². The Labute approximate surface area is 282 Å². The van der Waals surface area contributed by atoms with E-state index >= 15 is 0 Å². The lowest BCUT2D eigenvalue weighted by Gasteiger charge is -2.13. The van der Waals surface area contributed by atoms with Crippen LogP contribution in [0.2, 0.25) is 0 Å². The summed E-state index contributed by atoms with van der Waals surface area (Å²) in [5.74, 6) is 2.79. The monoisotopic (exact) mass is 617 g/mol. The minimum absolute atomic E-state index is 0.750. The summed E-state index contributed by atoms with van der Waals surface area (Å²) in [6.45, 7) is 5.97. The van der Waals surface area contributed by atoms with Gasteiger partial charge in [-0.05, 0) is 90.9 Å². The van der Waals surface area contributed by atoms with Crippen LogP contribution in [0.3, 0.4) is 0 Å². The normalized spacial score (nSPS) is 12.5. The Kier molecular flexibility index (Phi) is 8.47. The maximum absolute atomic E-state index is 5.85. The molecule has 0 radical (unpaired) electrons. The summed E-state index contributed by atoms with van der Waals surface area (Å²) in [5, 5.41) is 1.03. The largest absolute Gasteiger partial charge is 0.255 e. The molecule has 0 unspecified atom stereocenters. The van der Waals surface area contributed by atoms with Crippen LogP contribution < -0.4 is 0 Å². The maximum Gasteiger partial charge on any atom is 0.105 e. The van der Waals surface area contributed by atoms with Crippen LogP contribution in [0.25, 0.3) is 55.6 Å². The van der Waals surface area contributed by atoms with Crippen molar-refractivity contribution >= 4 is 33.4 Å². The van der Waals surface area contributed by atoms with Gasteiger partial charge in [-0.15, -0.1) is 6.42 Å². The number of rotatable bonds is 6. The molecule has 0 amide bonds. The maximum atomic E-state index is 5.85. The van der Waals surface area contributed by atoms with Gasteiger partial charge < -0.3 is 0 Å². The molecular weight excluding hydrogens is 583 g/mol. The number of aromatic nitrogens is 2. The van der Waals surface area contributed by atoms with Crippen molar-refractivity contribution in [2.75, 3.05) is 0 Å². The van der Waals surface area contributed by atoms with E-state index in [0.29, 0.717) is 0 Å². The van der Waals surface area contributed by atoms with Crippen molar-refractivity contribution in [2.24, 2.45) is 4.99 Å². The van der Waals surface area contributed by atoms with Gasteiger partial charge in [0.1, 0.15) is 5.69 Å². The second kappa shape index (κ2) is 13.3. The van der Waals surface area contributed by atoms with Gasteiger partial charge in [0.25, 0.3) is 0 Å². The SMILES string of the molecule is C#Cc1ccc2c(-c3ccc(C4=CC(c5cc(-c6ccccc6)cc(-c6ccccc6)n5)=CC=CC4)cc3)cc(C)nc2c1N=C(C)C. The number of allylic oxidation sites excluding steroid dienone is 6. The van der Waals surface area contributed by atoms with Crippen LogP contribution in [-0.2, 0) is 0 Å². The molecule has 1 aliphatic rings. The van der Waals surface area contributed by atoms with Crippen LogP contribution in [0, 0.1) is 19.3 Å². The van der Waals surface area contributed by atoms with Gasteiger partial charge in [-0.1, -0.05) is 115 Å². The first-order chi connectivity index (χ1) is 23.5. The van der Waals surface area contributed by atoms with Crippen LogP contribution in [0.1, 0.15) is 42.8 Å². The van der Waals surface area contributed by atoms with Crippen molar-refractivity contribution in [1.82, 2.24) is 9.97 Å². The Hall–Kier alpha value is -6.11. The number of aliphatic imine (C=N–C) groups is 1. The molecule has 0 N–H and O–H groups in total. The minimum atomic E-state index is 0.750. The highest BCUT2D eigenvalue weighted by molar-refractivity contribution is 6.03. The van der Waals surface area contributed by atoms with Crippen LogP contribution in [0.4, 0.5) is 5.69 Å². The Bertz CT molecular complexity index is 2250. The van der Waals surface area contributed by atoms with E-state index in [1.165, 1.54) is 16.7 Å². The van der Waals surface area contributed by atoms with Crippen LogP contribution >= 0.6 is 0 Å². The van der Waals surface area contributed by atoms with Crippen LogP contribution in [0.5, 0.6) is 0 Å². The summed E-state index contributed by atoms with van der Waals surface area (Å²) in [7, 11) is 0. The van der Waals surface area contributed by atoms with Crippen molar-refractivity contribution in [3.8, 4) is 45.9 Å². The predicted molar refractivity (Wildman–Crippen MR) is 203 cm³/mol. The minimum Gasteiger partial charge on any atom is -0.255 e. The first-order valence-corrected chi connectivity index (χ1v) is 16.2. The third-order valence-corrected chi connectivity index (χ3v) is 8.52. The van der Waals surface area contributed by atoms with Gasteiger partial charge >= 0.3 is 0 Å². The second-order valence-electron chi connectivity index (χ2n) is 12.2. The lowest BCUT2D eigenvalue weighted by atomic mass is 9.94. The van der Waals surface area contributed by atoms with Gasteiger partial charge in [-0.25, -0.2) is 4.98 Å². The summed E-state index contributed by atoms with van der Waals surface area (Å²) >= 11 is 0. The number of aryl methyl sites for hydroxylation is 1. The summed E-state index contributed by atoms with van der Waals surface area (Å²) in [5.41, 5.74) is 15.2. The highest BCUT2D eigenvalue weighted by Gasteiger charge is 2.15. The van der Waals surface area contributed by atoms with E-state index in [1.54, 1.807) is 0 Å². The van der Waals surface area contributed by atoms with Crippen LogP contribution in [-0.4, -0.2) is 15.7 Å². The predicted octanol–water partition coefficient (Wildman–Crippen LogP) is 11.5. The highest BCUT2D eigenvalue weighted by Crippen LogP contribution is 2.37. The van der Waals surface area contributed by atoms with E-state index in [1.807, 2.05) is 32.9 Å². The molecule has 4 aromatic carbocycles. The molecule has 3 heteroatoms. The molecule has 0 atom stereocenters. The van der Waals surface area contributed by atoms with E-state index in [0.717, 1.165) is 79.2 Å². The number of fused-ring (bicyclic) bond motifs is 1. The van der Waals surface area contributed by atoms with Crippen molar-refractivity contribution < 1.29 is 0 Å². The van der Waals surface area contributed by atoms with E-state index in [9.17, 15) is 0 Å². The van der Waals surface area contributed by atoms with Gasteiger partial charge in [-0.2, -0.15) is 0 Å². The smallest absolute Gasteiger partial charge is 0.105 e. The third kappa shape index (κ3) is 6.30. The Balaban J connectivity index is 1.28. The fourth-order valence-electron chi connectivity index (χ4n) is 6.22. The number of hydrogen-bond donors (Lipinski definition) is 0. The Morgan fingerprint density at radius 1 is 0.708 bits per heavy atom. The Morgan fingerprint density at radius 3 is 2.10 bits per heavy atom. The number of terminal acetylenes is 1. The lowest BCUT2D eigenvalue weighted by molar-refractivity contribution is 1.25. The lowest BCUT2D eigenvalue weighted by Crippen LogP contribution is -1.94. The van der Waals surface area contributed by atoms with Crippen molar-refractivity contribution in [3.05, 3.63) is 162 Å². The van der Waals surface area contributed by atoms with Crippen LogP contribution in [0.15, 0.2) is 145 Å². The van der Waals surface area contributed by atoms with Crippen molar-refractivity contribution in [1.29, 1.82) is 0 Å². The molecular formula is C45H35N3. The first-order valence-electron chi connectivity index (χ1n) is 16.2. The first kappa shape index (κ1) is 30.5. The molecule has 0 bridgehead atoms. The summed E-state index contributed by atoms with van der Waals surface area (Å²) in [6.07, 6.45) is 15.5. The molecule has 6 aromatic rings. The average Bonchev–Trinajstić information content (AvgIpc) is 3.39. The quantitative estimate of drug-likeness (QED) is 0.138. The highest BCUT2D eigenvalue weighted by atomic mass is 14.8. The van der Waals surface area contributed by atoms with Gasteiger partial charge in [0.05, 0.1) is 22.5 Å². The number of benzene rings is 4. The second-order valence-corrected chi connectivity index (χ2v) is 12.2. The molecule has 48 heavy (non-hydrogen) atoms. The molecule has 0 fully saturated rings. The van der Waals surface area contributed by atoms with Gasteiger partial charge in [0.2, 0.25) is 0 Å². The molecule has 0 saturated carbocycles. The molecule has 0 aliphatic heterocycles. The molecule has 2 aromatic heterocycles. The summed E-state index contributed by atoms with van der Waals surface area (Å²) in [4.78, 5) is 14.8. The van der Waals surface area contributed by atoms with E-state index in [4.69, 9.17) is 21.4 Å². The number of nitrogens with zero attached hydrogens (tertiary/aromatic N) is 3. The average molecular weight is 618 g/mol.